The van der Waals surface area contributed by atoms with Crippen LogP contribution in [-0.4, -0.2) is 25.4 Å². The number of para-hydroxylation sites is 1. The van der Waals surface area contributed by atoms with E-state index in [1.807, 2.05) is 18.2 Å². The number of carbonyl (C=O) groups is 1. The summed E-state index contributed by atoms with van der Waals surface area (Å²) in [6.45, 7) is 3.81. The predicted molar refractivity (Wildman–Crippen MR) is 68.1 cm³/mol. The average molecular weight is 243 g/mol. The molecule has 0 aliphatic heterocycles. The molecule has 3 rings (SSSR count). The molecule has 18 heavy (non-hydrogen) atoms. The summed E-state index contributed by atoms with van der Waals surface area (Å²) < 4.78 is 1.67. The molecule has 5 heteroatoms. The number of aromatic amines is 1. The first-order valence-corrected chi connectivity index (χ1v) is 5.85. The molecule has 0 spiro atoms. The highest BCUT2D eigenvalue weighted by molar-refractivity contribution is 5.92. The van der Waals surface area contributed by atoms with Crippen molar-refractivity contribution < 1.29 is 9.90 Å². The molecule has 0 radical (unpaired) electrons. The van der Waals surface area contributed by atoms with Gasteiger partial charge in [-0.25, -0.2) is 9.78 Å². The Bertz CT molecular complexity index is 767. The average Bonchev–Trinajstić information content (AvgIpc) is 2.82. The lowest BCUT2D eigenvalue weighted by Gasteiger charge is -1.99. The Labute approximate surface area is 103 Å². The number of carboxylic acid groups (broad SMARTS) is 1. The van der Waals surface area contributed by atoms with Crippen LogP contribution >= 0.6 is 0 Å². The third-order valence-electron chi connectivity index (χ3n) is 3.23. The smallest absolute Gasteiger partial charge is 0.354 e. The summed E-state index contributed by atoms with van der Waals surface area (Å²) in [4.78, 5) is 18.8. The van der Waals surface area contributed by atoms with Gasteiger partial charge in [0.25, 0.3) is 0 Å². The molecule has 1 aromatic carbocycles. The number of benzene rings is 1. The Morgan fingerprint density at radius 2 is 2.28 bits per heavy atom. The highest BCUT2D eigenvalue weighted by atomic mass is 16.4. The van der Waals surface area contributed by atoms with Gasteiger partial charge in [-0.3, -0.25) is 4.40 Å². The van der Waals surface area contributed by atoms with E-state index in [0.29, 0.717) is 11.5 Å². The number of hydrogen-bond donors (Lipinski definition) is 2. The number of fused-ring (bicyclic) bond motifs is 3. The Hall–Kier alpha value is -2.30. The van der Waals surface area contributed by atoms with Crippen molar-refractivity contribution in [2.45, 2.75) is 20.3 Å². The molecule has 0 amide bonds. The van der Waals surface area contributed by atoms with Gasteiger partial charge in [0.05, 0.1) is 11.0 Å². The molecule has 0 bridgehead atoms. The number of aryl methyl sites for hydroxylation is 2. The van der Waals surface area contributed by atoms with Crippen molar-refractivity contribution in [1.82, 2.24) is 14.4 Å². The molecule has 5 nitrogen and oxygen atoms in total. The number of H-pyrrole nitrogens is 1. The maximum absolute atomic E-state index is 11.3. The number of hydrogen-bond acceptors (Lipinski definition) is 2. The van der Waals surface area contributed by atoms with E-state index in [1.165, 1.54) is 0 Å². The van der Waals surface area contributed by atoms with Crippen molar-refractivity contribution in [2.75, 3.05) is 0 Å². The number of nitrogens with zero attached hydrogens (tertiary/aromatic N) is 2. The molecule has 0 saturated heterocycles. The van der Waals surface area contributed by atoms with E-state index in [4.69, 9.17) is 0 Å². The van der Waals surface area contributed by atoms with E-state index in [-0.39, 0.29) is 5.69 Å². The van der Waals surface area contributed by atoms with Gasteiger partial charge in [0.2, 0.25) is 5.78 Å². The summed E-state index contributed by atoms with van der Waals surface area (Å²) in [6.07, 6.45) is 0.874. The largest absolute Gasteiger partial charge is 0.477 e. The summed E-state index contributed by atoms with van der Waals surface area (Å²) in [5.41, 5.74) is 3.70. The van der Waals surface area contributed by atoms with Crippen molar-refractivity contribution in [3.63, 3.8) is 0 Å². The topological polar surface area (TPSA) is 70.4 Å². The Balaban J connectivity index is 2.51. The van der Waals surface area contributed by atoms with Crippen LogP contribution in [0.3, 0.4) is 0 Å². The molecular weight excluding hydrogens is 230 g/mol. The molecule has 0 saturated carbocycles. The van der Waals surface area contributed by atoms with Crippen molar-refractivity contribution in [3.8, 4) is 0 Å². The van der Waals surface area contributed by atoms with Crippen LogP contribution in [0, 0.1) is 6.92 Å². The maximum atomic E-state index is 11.3. The Kier molecular flexibility index (Phi) is 2.16. The van der Waals surface area contributed by atoms with Crippen LogP contribution in [-0.2, 0) is 6.42 Å². The molecule has 2 aromatic heterocycles. The summed E-state index contributed by atoms with van der Waals surface area (Å²) in [5, 5.41) is 9.29. The molecule has 92 valence electrons. The molecule has 3 aromatic rings. The van der Waals surface area contributed by atoms with Gasteiger partial charge in [0, 0.05) is 5.69 Å². The highest BCUT2D eigenvalue weighted by Crippen LogP contribution is 2.23. The van der Waals surface area contributed by atoms with Crippen LogP contribution < -0.4 is 0 Å². The molecule has 2 heterocycles. The van der Waals surface area contributed by atoms with E-state index in [0.717, 1.165) is 23.0 Å². The number of aromatic nitrogens is 3. The van der Waals surface area contributed by atoms with Gasteiger partial charge in [-0.1, -0.05) is 19.1 Å². The van der Waals surface area contributed by atoms with Crippen LogP contribution in [0.4, 0.5) is 0 Å². The van der Waals surface area contributed by atoms with Crippen molar-refractivity contribution in [3.05, 3.63) is 35.2 Å². The van der Waals surface area contributed by atoms with Crippen LogP contribution in [0.15, 0.2) is 18.2 Å². The minimum absolute atomic E-state index is 0.251. The molecule has 0 fully saturated rings. The summed E-state index contributed by atoms with van der Waals surface area (Å²) in [6, 6.07) is 5.85. The maximum Gasteiger partial charge on any atom is 0.354 e. The molecule has 0 unspecified atom stereocenters. The lowest BCUT2D eigenvalue weighted by atomic mass is 10.1. The summed E-state index contributed by atoms with van der Waals surface area (Å²) in [5.74, 6) is -0.360. The third-order valence-corrected chi connectivity index (χ3v) is 3.23. The second-order valence-electron chi connectivity index (χ2n) is 4.31. The van der Waals surface area contributed by atoms with E-state index >= 15 is 0 Å². The minimum Gasteiger partial charge on any atom is -0.477 e. The highest BCUT2D eigenvalue weighted by Gasteiger charge is 2.19. The zero-order valence-corrected chi connectivity index (χ0v) is 10.2. The Morgan fingerprint density at radius 3 is 2.94 bits per heavy atom. The van der Waals surface area contributed by atoms with Gasteiger partial charge in [-0.15, -0.1) is 0 Å². The van der Waals surface area contributed by atoms with E-state index in [2.05, 4.69) is 16.9 Å². The first-order chi connectivity index (χ1) is 8.63. The van der Waals surface area contributed by atoms with Gasteiger partial charge >= 0.3 is 5.97 Å². The van der Waals surface area contributed by atoms with Gasteiger partial charge in [-0.05, 0) is 25.0 Å². The zero-order valence-electron chi connectivity index (χ0n) is 10.2. The second-order valence-corrected chi connectivity index (χ2v) is 4.31. The van der Waals surface area contributed by atoms with Gasteiger partial charge < -0.3 is 10.1 Å². The van der Waals surface area contributed by atoms with E-state index in [9.17, 15) is 9.90 Å². The normalized spacial score (nSPS) is 11.4. The third kappa shape index (κ3) is 1.27. The molecule has 0 aliphatic carbocycles. The number of imidazole rings is 2. The fourth-order valence-corrected chi connectivity index (χ4v) is 2.40. The monoisotopic (exact) mass is 243 g/mol. The van der Waals surface area contributed by atoms with Crippen molar-refractivity contribution >= 4 is 22.8 Å². The number of nitrogens with one attached hydrogen (secondary N) is 1. The van der Waals surface area contributed by atoms with Gasteiger partial charge in [0.15, 0.2) is 5.69 Å². The van der Waals surface area contributed by atoms with Crippen LogP contribution in [0.25, 0.3) is 16.8 Å². The van der Waals surface area contributed by atoms with Crippen LogP contribution in [0.1, 0.15) is 28.7 Å². The quantitative estimate of drug-likeness (QED) is 0.726. The van der Waals surface area contributed by atoms with Crippen LogP contribution in [0.5, 0.6) is 0 Å². The summed E-state index contributed by atoms with van der Waals surface area (Å²) >= 11 is 0. The fourth-order valence-electron chi connectivity index (χ4n) is 2.40. The molecule has 0 atom stereocenters. The SMILES string of the molecule is CCc1cccc2c1nc1[nH]c(C)c(C(=O)O)n12. The second kappa shape index (κ2) is 3.60. The number of aromatic carboxylic acids is 1. The van der Waals surface area contributed by atoms with E-state index < -0.39 is 5.97 Å². The van der Waals surface area contributed by atoms with E-state index in [1.54, 1.807) is 11.3 Å². The van der Waals surface area contributed by atoms with Gasteiger partial charge in [-0.2, -0.15) is 0 Å². The molecule has 0 aliphatic rings. The first kappa shape index (κ1) is 10.8. The zero-order chi connectivity index (χ0) is 12.9. The number of rotatable bonds is 2. The fraction of sp³-hybridized carbons (Fsp3) is 0.231. The number of carboxylic acids is 1. The van der Waals surface area contributed by atoms with Crippen LogP contribution in [0.2, 0.25) is 0 Å². The van der Waals surface area contributed by atoms with Crippen molar-refractivity contribution in [2.24, 2.45) is 0 Å². The Morgan fingerprint density at radius 1 is 1.50 bits per heavy atom. The van der Waals surface area contributed by atoms with Crippen molar-refractivity contribution in [1.29, 1.82) is 0 Å². The lowest BCUT2D eigenvalue weighted by molar-refractivity contribution is 0.0689. The van der Waals surface area contributed by atoms with Gasteiger partial charge in [0.1, 0.15) is 0 Å². The standard InChI is InChI=1S/C13H13N3O2/c1-3-8-5-4-6-9-10(8)15-13-14-7(2)11(12(17)18)16(9)13/h4-6H,3H2,1-2H3,(H,14,15)(H,17,18). The molecule has 2 N–H and O–H groups in total. The predicted octanol–water partition coefficient (Wildman–Crippen LogP) is 2.38. The minimum atomic E-state index is -0.944. The first-order valence-electron chi connectivity index (χ1n) is 5.85. The lowest BCUT2D eigenvalue weighted by Crippen LogP contribution is -2.03. The molecular formula is C13H13N3O2. The summed E-state index contributed by atoms with van der Waals surface area (Å²) in [7, 11) is 0.